The predicted molar refractivity (Wildman–Crippen MR) is 49.4 cm³/mol. The monoisotopic (exact) mass is 196 g/mol. The first-order valence-electron chi connectivity index (χ1n) is 4.13. The molecule has 14 heavy (non-hydrogen) atoms. The molecule has 0 bridgehead atoms. The fourth-order valence-electron chi connectivity index (χ4n) is 0.857. The van der Waals surface area contributed by atoms with Gasteiger partial charge in [0.1, 0.15) is 5.82 Å². The number of hydrogen-bond acceptors (Lipinski definition) is 4. The van der Waals surface area contributed by atoms with Gasteiger partial charge in [-0.15, -0.1) is 0 Å². The molecule has 0 aliphatic carbocycles. The Bertz CT molecular complexity index is 327. The van der Waals surface area contributed by atoms with E-state index in [1.165, 1.54) is 12.4 Å². The molecule has 1 aromatic heterocycles. The number of carboxylic acid groups (broad SMARTS) is 1. The first-order chi connectivity index (χ1) is 6.39. The molecule has 1 rings (SSSR count). The molecule has 1 aromatic rings. The number of ether oxygens (including phenoxy) is 1. The number of hydrogen-bond donors (Lipinski definition) is 1. The van der Waals surface area contributed by atoms with E-state index in [9.17, 15) is 4.79 Å². The van der Waals surface area contributed by atoms with Crippen LogP contribution in [0.2, 0.25) is 0 Å². The van der Waals surface area contributed by atoms with Crippen LogP contribution in [-0.2, 0) is 5.41 Å². The molecule has 5 nitrogen and oxygen atoms in total. The zero-order chi connectivity index (χ0) is 10.8. The second kappa shape index (κ2) is 3.61. The van der Waals surface area contributed by atoms with E-state index in [4.69, 9.17) is 5.11 Å². The van der Waals surface area contributed by atoms with Crippen molar-refractivity contribution in [2.24, 2.45) is 0 Å². The fourth-order valence-corrected chi connectivity index (χ4v) is 0.857. The Morgan fingerprint density at radius 1 is 1.36 bits per heavy atom. The SMILES string of the molecule is CC(C)(C)c1ncc(OC(=O)O)cn1. The average Bonchev–Trinajstić information content (AvgIpc) is 2.02. The smallest absolute Gasteiger partial charge is 0.449 e. The zero-order valence-electron chi connectivity index (χ0n) is 8.31. The summed E-state index contributed by atoms with van der Waals surface area (Å²) in [7, 11) is 0. The number of carbonyl (C=O) groups is 1. The molecule has 1 heterocycles. The van der Waals surface area contributed by atoms with Crippen molar-refractivity contribution in [1.29, 1.82) is 0 Å². The Labute approximate surface area is 81.8 Å². The Hall–Kier alpha value is -1.65. The van der Waals surface area contributed by atoms with Crippen molar-refractivity contribution in [2.45, 2.75) is 26.2 Å². The Morgan fingerprint density at radius 3 is 2.21 bits per heavy atom. The topological polar surface area (TPSA) is 72.3 Å². The van der Waals surface area contributed by atoms with E-state index in [2.05, 4.69) is 14.7 Å². The maximum absolute atomic E-state index is 10.2. The lowest BCUT2D eigenvalue weighted by atomic mass is 9.96. The predicted octanol–water partition coefficient (Wildman–Crippen LogP) is 1.83. The largest absolute Gasteiger partial charge is 0.511 e. The van der Waals surface area contributed by atoms with E-state index in [0.717, 1.165) is 0 Å². The first kappa shape index (κ1) is 10.4. The summed E-state index contributed by atoms with van der Waals surface area (Å²) >= 11 is 0. The molecule has 1 N–H and O–H groups in total. The van der Waals surface area contributed by atoms with Crippen molar-refractivity contribution in [3.05, 3.63) is 18.2 Å². The third kappa shape index (κ3) is 2.69. The van der Waals surface area contributed by atoms with Gasteiger partial charge in [-0.25, -0.2) is 14.8 Å². The summed E-state index contributed by atoms with van der Waals surface area (Å²) in [6.07, 6.45) is 1.33. The van der Waals surface area contributed by atoms with Gasteiger partial charge in [0.25, 0.3) is 0 Å². The molecule has 0 radical (unpaired) electrons. The van der Waals surface area contributed by atoms with E-state index >= 15 is 0 Å². The molecule has 0 aliphatic heterocycles. The molecule has 0 spiro atoms. The lowest BCUT2D eigenvalue weighted by Crippen LogP contribution is -2.16. The van der Waals surface area contributed by atoms with Crippen LogP contribution in [0.1, 0.15) is 26.6 Å². The average molecular weight is 196 g/mol. The van der Waals surface area contributed by atoms with Gasteiger partial charge in [0.2, 0.25) is 0 Å². The lowest BCUT2D eigenvalue weighted by molar-refractivity contribution is 0.144. The Kier molecular flexibility index (Phi) is 2.69. The standard InChI is InChI=1S/C9H12N2O3/c1-9(2,3)7-10-4-6(5-11-7)14-8(12)13/h4-5H,1-3H3,(H,12,13). The minimum absolute atomic E-state index is 0.130. The van der Waals surface area contributed by atoms with Gasteiger partial charge in [-0.2, -0.15) is 0 Å². The normalized spacial score (nSPS) is 11.1. The summed E-state index contributed by atoms with van der Waals surface area (Å²) in [4.78, 5) is 18.2. The second-order valence-electron chi connectivity index (χ2n) is 3.86. The van der Waals surface area contributed by atoms with Gasteiger partial charge < -0.3 is 9.84 Å². The van der Waals surface area contributed by atoms with Crippen molar-refractivity contribution in [3.8, 4) is 5.75 Å². The van der Waals surface area contributed by atoms with Crippen molar-refractivity contribution in [1.82, 2.24) is 9.97 Å². The van der Waals surface area contributed by atoms with E-state index in [1.54, 1.807) is 0 Å². The minimum atomic E-state index is -1.36. The van der Waals surface area contributed by atoms with Gasteiger partial charge in [0.15, 0.2) is 5.75 Å². The van der Waals surface area contributed by atoms with Crippen LogP contribution in [-0.4, -0.2) is 21.2 Å². The van der Waals surface area contributed by atoms with Crippen molar-refractivity contribution < 1.29 is 14.6 Å². The third-order valence-electron chi connectivity index (χ3n) is 1.50. The molecule has 0 saturated carbocycles. The van der Waals surface area contributed by atoms with E-state index < -0.39 is 6.16 Å². The lowest BCUT2D eigenvalue weighted by Gasteiger charge is -2.15. The zero-order valence-corrected chi connectivity index (χ0v) is 8.31. The van der Waals surface area contributed by atoms with E-state index in [0.29, 0.717) is 5.82 Å². The minimum Gasteiger partial charge on any atom is -0.449 e. The first-order valence-corrected chi connectivity index (χ1v) is 4.13. The van der Waals surface area contributed by atoms with Gasteiger partial charge in [-0.1, -0.05) is 20.8 Å². The highest BCUT2D eigenvalue weighted by atomic mass is 16.7. The van der Waals surface area contributed by atoms with Crippen LogP contribution in [0.3, 0.4) is 0 Å². The van der Waals surface area contributed by atoms with Crippen molar-refractivity contribution in [3.63, 3.8) is 0 Å². The molecule has 76 valence electrons. The highest BCUT2D eigenvalue weighted by Gasteiger charge is 2.17. The van der Waals surface area contributed by atoms with Crippen LogP contribution in [0.25, 0.3) is 0 Å². The van der Waals surface area contributed by atoms with E-state index in [-0.39, 0.29) is 11.2 Å². The molecule has 0 amide bonds. The molecular formula is C9H12N2O3. The molecule has 0 atom stereocenters. The Morgan fingerprint density at radius 2 is 1.86 bits per heavy atom. The summed E-state index contributed by atoms with van der Waals surface area (Å²) in [6, 6.07) is 0. The summed E-state index contributed by atoms with van der Waals surface area (Å²) in [6.45, 7) is 5.92. The maximum atomic E-state index is 10.2. The molecule has 0 aromatic carbocycles. The third-order valence-corrected chi connectivity index (χ3v) is 1.50. The Balaban J connectivity index is 2.84. The summed E-state index contributed by atoms with van der Waals surface area (Å²) < 4.78 is 4.37. The van der Waals surface area contributed by atoms with Crippen LogP contribution in [0.5, 0.6) is 5.75 Å². The molecule has 0 fully saturated rings. The quantitative estimate of drug-likeness (QED) is 0.693. The highest BCUT2D eigenvalue weighted by Crippen LogP contribution is 2.18. The highest BCUT2D eigenvalue weighted by molar-refractivity contribution is 5.60. The molecule has 0 saturated heterocycles. The van der Waals surface area contributed by atoms with Crippen molar-refractivity contribution in [2.75, 3.05) is 0 Å². The van der Waals surface area contributed by atoms with Gasteiger partial charge >= 0.3 is 6.16 Å². The summed E-state index contributed by atoms with van der Waals surface area (Å²) in [5, 5.41) is 8.32. The van der Waals surface area contributed by atoms with Crippen LogP contribution < -0.4 is 4.74 Å². The molecular weight excluding hydrogens is 184 g/mol. The number of nitrogens with zero attached hydrogens (tertiary/aromatic N) is 2. The number of rotatable bonds is 1. The van der Waals surface area contributed by atoms with Crippen LogP contribution in [0.4, 0.5) is 4.79 Å². The molecule has 5 heteroatoms. The molecule has 0 unspecified atom stereocenters. The van der Waals surface area contributed by atoms with Crippen LogP contribution in [0.15, 0.2) is 12.4 Å². The van der Waals surface area contributed by atoms with Gasteiger partial charge in [-0.3, -0.25) is 0 Å². The summed E-state index contributed by atoms with van der Waals surface area (Å²) in [5.41, 5.74) is -0.151. The van der Waals surface area contributed by atoms with Crippen LogP contribution >= 0.6 is 0 Å². The fraction of sp³-hybridized carbons (Fsp3) is 0.444. The van der Waals surface area contributed by atoms with Crippen LogP contribution in [0, 0.1) is 0 Å². The second-order valence-corrected chi connectivity index (χ2v) is 3.86. The summed E-state index contributed by atoms with van der Waals surface area (Å²) in [5.74, 6) is 0.778. The van der Waals surface area contributed by atoms with E-state index in [1.807, 2.05) is 20.8 Å². The van der Waals surface area contributed by atoms with Gasteiger partial charge in [0, 0.05) is 5.41 Å². The van der Waals surface area contributed by atoms with Gasteiger partial charge in [0.05, 0.1) is 12.4 Å². The maximum Gasteiger partial charge on any atom is 0.511 e. The molecule has 0 aliphatic rings. The number of aromatic nitrogens is 2. The van der Waals surface area contributed by atoms with Gasteiger partial charge in [-0.05, 0) is 0 Å². The van der Waals surface area contributed by atoms with Crippen molar-refractivity contribution >= 4 is 6.16 Å².